The van der Waals surface area contributed by atoms with E-state index < -0.39 is 17.7 Å². The summed E-state index contributed by atoms with van der Waals surface area (Å²) in [6, 6.07) is 13.4. The summed E-state index contributed by atoms with van der Waals surface area (Å²) in [5.74, 6) is -1.92. The molecule has 0 aliphatic carbocycles. The first-order valence-corrected chi connectivity index (χ1v) is 6.55. The van der Waals surface area contributed by atoms with Gasteiger partial charge in [-0.2, -0.15) is 0 Å². The van der Waals surface area contributed by atoms with E-state index in [1.165, 1.54) is 12.1 Å². The number of benzene rings is 2. The van der Waals surface area contributed by atoms with Crippen LogP contribution in [0.5, 0.6) is 0 Å². The predicted octanol–water partition coefficient (Wildman–Crippen LogP) is 3.52. The SMILES string of the molecule is CCN(CC(O)c1cccc(F)c1F)c1ccccc1. The van der Waals surface area contributed by atoms with E-state index in [1.54, 1.807) is 0 Å². The smallest absolute Gasteiger partial charge is 0.164 e. The molecule has 2 rings (SSSR count). The molecule has 20 heavy (non-hydrogen) atoms. The van der Waals surface area contributed by atoms with E-state index in [1.807, 2.05) is 42.2 Å². The minimum atomic E-state index is -1.08. The molecule has 0 heterocycles. The zero-order valence-electron chi connectivity index (χ0n) is 11.3. The van der Waals surface area contributed by atoms with Gasteiger partial charge in [-0.1, -0.05) is 30.3 Å². The molecule has 106 valence electrons. The number of halogens is 2. The number of anilines is 1. The third kappa shape index (κ3) is 3.14. The van der Waals surface area contributed by atoms with Crippen LogP contribution in [0.25, 0.3) is 0 Å². The first kappa shape index (κ1) is 14.5. The summed E-state index contributed by atoms with van der Waals surface area (Å²) in [4.78, 5) is 1.91. The molecular weight excluding hydrogens is 260 g/mol. The molecule has 2 nitrogen and oxygen atoms in total. The van der Waals surface area contributed by atoms with Crippen LogP contribution in [-0.4, -0.2) is 18.2 Å². The summed E-state index contributed by atoms with van der Waals surface area (Å²) in [6.07, 6.45) is -1.08. The van der Waals surface area contributed by atoms with E-state index in [9.17, 15) is 13.9 Å². The molecule has 0 fully saturated rings. The lowest BCUT2D eigenvalue weighted by atomic mass is 10.1. The Bertz CT molecular complexity index is 560. The van der Waals surface area contributed by atoms with Crippen LogP contribution in [-0.2, 0) is 0 Å². The van der Waals surface area contributed by atoms with Gasteiger partial charge in [-0.3, -0.25) is 0 Å². The third-order valence-corrected chi connectivity index (χ3v) is 3.24. The monoisotopic (exact) mass is 277 g/mol. The Kier molecular flexibility index (Phi) is 4.69. The standard InChI is InChI=1S/C16H17F2NO/c1-2-19(12-7-4-3-5-8-12)11-15(20)13-9-6-10-14(17)16(13)18/h3-10,15,20H,2,11H2,1H3. The van der Waals surface area contributed by atoms with Gasteiger partial charge in [0, 0.05) is 24.3 Å². The fourth-order valence-electron chi connectivity index (χ4n) is 2.14. The molecule has 0 aromatic heterocycles. The van der Waals surface area contributed by atoms with Crippen LogP contribution in [0, 0.1) is 11.6 Å². The molecule has 1 unspecified atom stereocenters. The van der Waals surface area contributed by atoms with Crippen LogP contribution in [0.1, 0.15) is 18.6 Å². The van der Waals surface area contributed by atoms with Crippen LogP contribution >= 0.6 is 0 Å². The summed E-state index contributed by atoms with van der Waals surface area (Å²) < 4.78 is 26.8. The molecule has 0 radical (unpaired) electrons. The lowest BCUT2D eigenvalue weighted by molar-refractivity contribution is 0.177. The second-order valence-electron chi connectivity index (χ2n) is 4.53. The fraction of sp³-hybridized carbons (Fsp3) is 0.250. The minimum Gasteiger partial charge on any atom is -0.386 e. The van der Waals surface area contributed by atoms with Crippen molar-refractivity contribution in [1.82, 2.24) is 0 Å². The summed E-state index contributed by atoms with van der Waals surface area (Å²) in [7, 11) is 0. The average Bonchev–Trinajstić information content (AvgIpc) is 2.48. The van der Waals surface area contributed by atoms with Crippen molar-refractivity contribution in [3.63, 3.8) is 0 Å². The lowest BCUT2D eigenvalue weighted by Crippen LogP contribution is -2.28. The topological polar surface area (TPSA) is 23.5 Å². The highest BCUT2D eigenvalue weighted by atomic mass is 19.2. The number of likely N-dealkylation sites (N-methyl/N-ethyl adjacent to an activating group) is 1. The molecule has 0 spiro atoms. The Morgan fingerprint density at radius 2 is 1.75 bits per heavy atom. The van der Waals surface area contributed by atoms with E-state index in [2.05, 4.69) is 0 Å². The molecule has 0 aliphatic heterocycles. The van der Waals surface area contributed by atoms with E-state index in [4.69, 9.17) is 0 Å². The molecule has 4 heteroatoms. The highest BCUT2D eigenvalue weighted by molar-refractivity contribution is 5.46. The van der Waals surface area contributed by atoms with E-state index in [-0.39, 0.29) is 12.1 Å². The van der Waals surface area contributed by atoms with Gasteiger partial charge in [0.05, 0.1) is 6.10 Å². The van der Waals surface area contributed by atoms with Crippen LogP contribution in [0.15, 0.2) is 48.5 Å². The molecule has 0 bridgehead atoms. The Morgan fingerprint density at radius 3 is 2.40 bits per heavy atom. The van der Waals surface area contributed by atoms with Gasteiger partial charge in [-0.25, -0.2) is 8.78 Å². The summed E-state index contributed by atoms with van der Waals surface area (Å²) in [6.45, 7) is 2.82. The van der Waals surface area contributed by atoms with E-state index in [0.717, 1.165) is 11.8 Å². The van der Waals surface area contributed by atoms with Crippen LogP contribution in [0.4, 0.5) is 14.5 Å². The molecule has 1 N–H and O–H groups in total. The maximum Gasteiger partial charge on any atom is 0.164 e. The van der Waals surface area contributed by atoms with Crippen LogP contribution in [0.3, 0.4) is 0 Å². The Hall–Kier alpha value is -1.94. The summed E-state index contributed by atoms with van der Waals surface area (Å²) in [5.41, 5.74) is 0.922. The zero-order chi connectivity index (χ0) is 14.5. The quantitative estimate of drug-likeness (QED) is 0.903. The van der Waals surface area contributed by atoms with Crippen LogP contribution in [0.2, 0.25) is 0 Å². The Balaban J connectivity index is 2.17. The largest absolute Gasteiger partial charge is 0.386 e. The molecule has 0 saturated carbocycles. The van der Waals surface area contributed by atoms with Gasteiger partial charge in [0.2, 0.25) is 0 Å². The maximum atomic E-state index is 13.7. The number of rotatable bonds is 5. The molecule has 0 amide bonds. The molecule has 0 aliphatic rings. The number of aliphatic hydroxyl groups is 1. The third-order valence-electron chi connectivity index (χ3n) is 3.24. The number of hydrogen-bond acceptors (Lipinski definition) is 2. The summed E-state index contributed by atoms with van der Waals surface area (Å²) in [5, 5.41) is 10.1. The Morgan fingerprint density at radius 1 is 1.05 bits per heavy atom. The van der Waals surface area contributed by atoms with E-state index in [0.29, 0.717) is 6.54 Å². The second kappa shape index (κ2) is 6.48. The van der Waals surface area contributed by atoms with Crippen molar-refractivity contribution >= 4 is 5.69 Å². The Labute approximate surface area is 117 Å². The van der Waals surface area contributed by atoms with Crippen LogP contribution < -0.4 is 4.90 Å². The van der Waals surface area contributed by atoms with Gasteiger partial charge in [0.1, 0.15) is 0 Å². The first-order chi connectivity index (χ1) is 9.63. The molecule has 2 aromatic carbocycles. The van der Waals surface area contributed by atoms with Crippen molar-refractivity contribution in [2.75, 3.05) is 18.0 Å². The van der Waals surface area contributed by atoms with Crippen molar-refractivity contribution in [3.8, 4) is 0 Å². The van der Waals surface area contributed by atoms with Gasteiger partial charge < -0.3 is 10.0 Å². The number of hydrogen-bond donors (Lipinski definition) is 1. The van der Waals surface area contributed by atoms with Gasteiger partial charge in [0.15, 0.2) is 11.6 Å². The van der Waals surface area contributed by atoms with Gasteiger partial charge in [-0.15, -0.1) is 0 Å². The van der Waals surface area contributed by atoms with Gasteiger partial charge in [-0.05, 0) is 25.1 Å². The van der Waals surface area contributed by atoms with Crippen molar-refractivity contribution in [2.45, 2.75) is 13.0 Å². The number of aliphatic hydroxyl groups excluding tert-OH is 1. The minimum absolute atomic E-state index is 0.0145. The van der Waals surface area contributed by atoms with E-state index >= 15 is 0 Å². The molecular formula is C16H17F2NO. The number of para-hydroxylation sites is 1. The molecule has 2 aromatic rings. The fourth-order valence-corrected chi connectivity index (χ4v) is 2.14. The zero-order valence-corrected chi connectivity index (χ0v) is 11.3. The molecule has 1 atom stereocenters. The van der Waals surface area contributed by atoms with Crippen molar-refractivity contribution in [3.05, 3.63) is 65.7 Å². The van der Waals surface area contributed by atoms with Gasteiger partial charge in [0.25, 0.3) is 0 Å². The predicted molar refractivity (Wildman–Crippen MR) is 75.6 cm³/mol. The maximum absolute atomic E-state index is 13.7. The first-order valence-electron chi connectivity index (χ1n) is 6.55. The normalized spacial score (nSPS) is 12.2. The van der Waals surface area contributed by atoms with Crippen molar-refractivity contribution < 1.29 is 13.9 Å². The average molecular weight is 277 g/mol. The highest BCUT2D eigenvalue weighted by Crippen LogP contribution is 2.22. The highest BCUT2D eigenvalue weighted by Gasteiger charge is 2.18. The second-order valence-corrected chi connectivity index (χ2v) is 4.53. The van der Waals surface area contributed by atoms with Crippen molar-refractivity contribution in [1.29, 1.82) is 0 Å². The van der Waals surface area contributed by atoms with Gasteiger partial charge >= 0.3 is 0 Å². The summed E-state index contributed by atoms with van der Waals surface area (Å²) >= 11 is 0. The number of nitrogens with zero attached hydrogens (tertiary/aromatic N) is 1. The van der Waals surface area contributed by atoms with Crippen molar-refractivity contribution in [2.24, 2.45) is 0 Å². The lowest BCUT2D eigenvalue weighted by Gasteiger charge is -2.26. The molecule has 0 saturated heterocycles.